The molecule has 4 heteroatoms. The monoisotopic (exact) mass is 278 g/mol. The van der Waals surface area contributed by atoms with E-state index in [1.807, 2.05) is 9.80 Å². The van der Waals surface area contributed by atoms with Gasteiger partial charge in [0.05, 0.1) is 5.92 Å². The van der Waals surface area contributed by atoms with Crippen LogP contribution in [0, 0.1) is 5.92 Å². The summed E-state index contributed by atoms with van der Waals surface area (Å²) < 4.78 is 0. The molecule has 1 atom stereocenters. The van der Waals surface area contributed by atoms with Crippen molar-refractivity contribution in [3.8, 4) is 0 Å². The van der Waals surface area contributed by atoms with Crippen molar-refractivity contribution >= 4 is 11.8 Å². The van der Waals surface area contributed by atoms with E-state index in [1.165, 1.54) is 25.7 Å². The summed E-state index contributed by atoms with van der Waals surface area (Å²) in [7, 11) is 0. The fourth-order valence-electron chi connectivity index (χ4n) is 4.02. The molecule has 0 unspecified atom stereocenters. The van der Waals surface area contributed by atoms with E-state index in [4.69, 9.17) is 0 Å². The molecule has 0 aromatic heterocycles. The number of rotatable bonds is 2. The van der Waals surface area contributed by atoms with E-state index in [1.54, 1.807) is 0 Å². The maximum atomic E-state index is 12.4. The Hall–Kier alpha value is -1.06. The van der Waals surface area contributed by atoms with Crippen molar-refractivity contribution in [2.45, 2.75) is 63.8 Å². The highest BCUT2D eigenvalue weighted by atomic mass is 16.2. The van der Waals surface area contributed by atoms with Crippen molar-refractivity contribution in [3.63, 3.8) is 0 Å². The summed E-state index contributed by atoms with van der Waals surface area (Å²) in [6, 6.07) is 0.404. The van der Waals surface area contributed by atoms with Crippen LogP contribution in [0.5, 0.6) is 0 Å². The average molecular weight is 278 g/mol. The molecule has 0 radical (unpaired) electrons. The summed E-state index contributed by atoms with van der Waals surface area (Å²) >= 11 is 0. The van der Waals surface area contributed by atoms with Gasteiger partial charge in [0.1, 0.15) is 0 Å². The first-order valence-corrected chi connectivity index (χ1v) is 8.34. The maximum Gasteiger partial charge on any atom is 0.227 e. The fourth-order valence-corrected chi connectivity index (χ4v) is 4.02. The topological polar surface area (TPSA) is 40.6 Å². The molecule has 3 rings (SSSR count). The van der Waals surface area contributed by atoms with Crippen LogP contribution in [0.3, 0.4) is 0 Å². The SMILES string of the molecule is O=C([C@@H]1CC(=O)N(C2CCCCCC2)C1)N1CCCC1. The highest BCUT2D eigenvalue weighted by Gasteiger charge is 2.39. The van der Waals surface area contributed by atoms with Crippen LogP contribution in [-0.2, 0) is 9.59 Å². The van der Waals surface area contributed by atoms with Crippen molar-refractivity contribution in [2.24, 2.45) is 5.92 Å². The van der Waals surface area contributed by atoms with Crippen LogP contribution in [0.25, 0.3) is 0 Å². The molecule has 1 aliphatic carbocycles. The largest absolute Gasteiger partial charge is 0.342 e. The molecule has 4 nitrogen and oxygen atoms in total. The third-order valence-corrected chi connectivity index (χ3v) is 5.19. The molecule has 3 fully saturated rings. The molecule has 20 heavy (non-hydrogen) atoms. The predicted octanol–water partition coefficient (Wildman–Crippen LogP) is 2.18. The van der Waals surface area contributed by atoms with Gasteiger partial charge in [0.2, 0.25) is 11.8 Å². The summed E-state index contributed by atoms with van der Waals surface area (Å²) in [4.78, 5) is 28.7. The standard InChI is InChI=1S/C16H26N2O2/c19-15-11-13(16(20)17-9-5-6-10-17)12-18(15)14-7-3-1-2-4-8-14/h13-14H,1-12H2/t13-/m1/s1. The van der Waals surface area contributed by atoms with Gasteiger partial charge in [0.15, 0.2) is 0 Å². The Labute approximate surface area is 121 Å². The summed E-state index contributed by atoms with van der Waals surface area (Å²) in [5.41, 5.74) is 0. The highest BCUT2D eigenvalue weighted by molar-refractivity contribution is 5.89. The van der Waals surface area contributed by atoms with Crippen molar-refractivity contribution in [3.05, 3.63) is 0 Å². The van der Waals surface area contributed by atoms with Crippen LogP contribution in [0.1, 0.15) is 57.8 Å². The molecular weight excluding hydrogens is 252 g/mol. The van der Waals surface area contributed by atoms with Gasteiger partial charge in [-0.1, -0.05) is 25.7 Å². The van der Waals surface area contributed by atoms with E-state index in [0.29, 0.717) is 19.0 Å². The zero-order valence-corrected chi connectivity index (χ0v) is 12.4. The van der Waals surface area contributed by atoms with E-state index in [9.17, 15) is 9.59 Å². The predicted molar refractivity (Wildman–Crippen MR) is 77.1 cm³/mol. The maximum absolute atomic E-state index is 12.4. The van der Waals surface area contributed by atoms with Crippen LogP contribution in [-0.4, -0.2) is 47.3 Å². The quantitative estimate of drug-likeness (QED) is 0.726. The van der Waals surface area contributed by atoms with Gasteiger partial charge in [0, 0.05) is 32.1 Å². The summed E-state index contributed by atoms with van der Waals surface area (Å²) in [6.45, 7) is 2.47. The Morgan fingerprint density at radius 2 is 1.60 bits per heavy atom. The molecule has 3 aliphatic rings. The summed E-state index contributed by atoms with van der Waals surface area (Å²) in [6.07, 6.45) is 10.0. The third kappa shape index (κ3) is 2.84. The van der Waals surface area contributed by atoms with Gasteiger partial charge >= 0.3 is 0 Å². The van der Waals surface area contributed by atoms with Gasteiger partial charge in [0.25, 0.3) is 0 Å². The van der Waals surface area contributed by atoms with Crippen molar-refractivity contribution < 1.29 is 9.59 Å². The highest BCUT2D eigenvalue weighted by Crippen LogP contribution is 2.29. The summed E-state index contributed by atoms with van der Waals surface area (Å²) in [5.74, 6) is 0.380. The minimum atomic E-state index is -0.0659. The first-order valence-electron chi connectivity index (χ1n) is 8.34. The van der Waals surface area contributed by atoms with E-state index in [-0.39, 0.29) is 17.7 Å². The van der Waals surface area contributed by atoms with E-state index >= 15 is 0 Å². The second-order valence-corrected chi connectivity index (χ2v) is 6.62. The molecule has 2 heterocycles. The van der Waals surface area contributed by atoms with Crippen LogP contribution < -0.4 is 0 Å². The van der Waals surface area contributed by atoms with Crippen molar-refractivity contribution in [2.75, 3.05) is 19.6 Å². The minimum Gasteiger partial charge on any atom is -0.342 e. The lowest BCUT2D eigenvalue weighted by atomic mass is 10.1. The molecule has 0 spiro atoms. The van der Waals surface area contributed by atoms with Crippen LogP contribution >= 0.6 is 0 Å². The first kappa shape index (κ1) is 13.9. The first-order chi connectivity index (χ1) is 9.75. The Kier molecular flexibility index (Phi) is 4.27. The Balaban J connectivity index is 1.60. The third-order valence-electron chi connectivity index (χ3n) is 5.19. The van der Waals surface area contributed by atoms with Gasteiger partial charge in [-0.2, -0.15) is 0 Å². The second kappa shape index (κ2) is 6.15. The normalized spacial score (nSPS) is 29.0. The van der Waals surface area contributed by atoms with Gasteiger partial charge in [-0.15, -0.1) is 0 Å². The molecule has 0 aromatic rings. The van der Waals surface area contributed by atoms with Crippen molar-refractivity contribution in [1.82, 2.24) is 9.80 Å². The Morgan fingerprint density at radius 1 is 0.950 bits per heavy atom. The lowest BCUT2D eigenvalue weighted by molar-refractivity contribution is -0.134. The molecule has 112 valence electrons. The van der Waals surface area contributed by atoms with Gasteiger partial charge in [-0.3, -0.25) is 9.59 Å². The zero-order chi connectivity index (χ0) is 13.9. The second-order valence-electron chi connectivity index (χ2n) is 6.62. The molecule has 2 amide bonds. The molecule has 1 saturated carbocycles. The average Bonchev–Trinajstić information content (AvgIpc) is 3.02. The van der Waals surface area contributed by atoms with Gasteiger partial charge < -0.3 is 9.80 Å². The number of nitrogens with zero attached hydrogens (tertiary/aromatic N) is 2. The minimum absolute atomic E-state index is 0.0659. The number of carbonyl (C=O) groups excluding carboxylic acids is 2. The van der Waals surface area contributed by atoms with Crippen LogP contribution in [0.2, 0.25) is 0 Å². The molecule has 0 aromatic carbocycles. The van der Waals surface area contributed by atoms with Gasteiger partial charge in [-0.25, -0.2) is 0 Å². The molecule has 0 N–H and O–H groups in total. The Morgan fingerprint density at radius 3 is 2.25 bits per heavy atom. The number of carbonyl (C=O) groups is 2. The number of hydrogen-bond donors (Lipinski definition) is 0. The lowest BCUT2D eigenvalue weighted by Crippen LogP contribution is -2.38. The zero-order valence-electron chi connectivity index (χ0n) is 12.4. The molecule has 0 bridgehead atoms. The van der Waals surface area contributed by atoms with Crippen LogP contribution in [0.15, 0.2) is 0 Å². The van der Waals surface area contributed by atoms with E-state index in [0.717, 1.165) is 38.8 Å². The van der Waals surface area contributed by atoms with Crippen molar-refractivity contribution in [1.29, 1.82) is 0 Å². The lowest BCUT2D eigenvalue weighted by Gasteiger charge is -2.27. The molecular formula is C16H26N2O2. The van der Waals surface area contributed by atoms with E-state index in [2.05, 4.69) is 0 Å². The smallest absolute Gasteiger partial charge is 0.227 e. The number of likely N-dealkylation sites (tertiary alicyclic amines) is 2. The fraction of sp³-hybridized carbons (Fsp3) is 0.875. The summed E-state index contributed by atoms with van der Waals surface area (Å²) in [5, 5.41) is 0. The number of amides is 2. The molecule has 2 saturated heterocycles. The van der Waals surface area contributed by atoms with Crippen LogP contribution in [0.4, 0.5) is 0 Å². The Bertz CT molecular complexity index is 369. The van der Waals surface area contributed by atoms with E-state index < -0.39 is 0 Å². The molecule has 2 aliphatic heterocycles. The number of hydrogen-bond acceptors (Lipinski definition) is 2. The van der Waals surface area contributed by atoms with Gasteiger partial charge in [-0.05, 0) is 25.7 Å².